The van der Waals surface area contributed by atoms with Crippen molar-refractivity contribution in [2.75, 3.05) is 26.3 Å². The minimum atomic E-state index is 0.253. The van der Waals surface area contributed by atoms with Gasteiger partial charge in [0.1, 0.15) is 5.82 Å². The molecule has 9 heteroatoms. The predicted octanol–water partition coefficient (Wildman–Crippen LogP) is 3.77. The van der Waals surface area contributed by atoms with Crippen LogP contribution in [0.25, 0.3) is 16.8 Å². The van der Waals surface area contributed by atoms with Crippen LogP contribution >= 0.6 is 0 Å². The lowest BCUT2D eigenvalue weighted by molar-refractivity contribution is 0.174. The molecule has 2 aromatic carbocycles. The number of nitrogens with one attached hydrogen (secondary N) is 1. The molecule has 0 atom stereocenters. The minimum absolute atomic E-state index is 0.253. The molecule has 0 bridgehead atoms. The highest BCUT2D eigenvalue weighted by Crippen LogP contribution is 2.36. The van der Waals surface area contributed by atoms with Gasteiger partial charge in [0.05, 0.1) is 19.9 Å². The lowest BCUT2D eigenvalue weighted by atomic mass is 10.1. The van der Waals surface area contributed by atoms with E-state index in [1.165, 1.54) is 0 Å². The van der Waals surface area contributed by atoms with Gasteiger partial charge in [-0.3, -0.25) is 0 Å². The van der Waals surface area contributed by atoms with Crippen molar-refractivity contribution in [3.63, 3.8) is 0 Å². The Morgan fingerprint density at radius 3 is 2.59 bits per heavy atom. The van der Waals surface area contributed by atoms with Gasteiger partial charge >= 0.3 is 0 Å². The van der Waals surface area contributed by atoms with Gasteiger partial charge in [-0.15, -0.1) is 0 Å². The van der Waals surface area contributed by atoms with Crippen LogP contribution in [0.1, 0.15) is 17.1 Å². The Kier molecular flexibility index (Phi) is 4.93. The van der Waals surface area contributed by atoms with E-state index >= 15 is 0 Å². The first-order chi connectivity index (χ1) is 15.6. The maximum absolute atomic E-state index is 5.48. The molecule has 164 valence electrons. The highest BCUT2D eigenvalue weighted by atomic mass is 16.7. The largest absolute Gasteiger partial charge is 0.493 e. The summed E-state index contributed by atoms with van der Waals surface area (Å²) in [5, 5.41) is 8.09. The van der Waals surface area contributed by atoms with Crippen molar-refractivity contribution in [3.05, 3.63) is 53.5 Å². The third-order valence-electron chi connectivity index (χ3n) is 5.33. The highest BCUT2D eigenvalue weighted by molar-refractivity contribution is 5.81. The normalized spacial score (nSPS) is 12.2. The first-order valence-corrected chi connectivity index (χ1v) is 10.2. The molecule has 1 aliphatic heterocycles. The van der Waals surface area contributed by atoms with Gasteiger partial charge in [-0.05, 0) is 49.2 Å². The molecular formula is C23H23N5O4. The minimum Gasteiger partial charge on any atom is -0.493 e. The van der Waals surface area contributed by atoms with Crippen molar-refractivity contribution in [1.82, 2.24) is 19.6 Å². The van der Waals surface area contributed by atoms with Crippen LogP contribution in [0.4, 0.5) is 5.95 Å². The van der Waals surface area contributed by atoms with Crippen molar-refractivity contribution in [2.24, 2.45) is 0 Å². The molecule has 5 rings (SSSR count). The number of rotatable bonds is 6. The molecule has 1 N–H and O–H groups in total. The van der Waals surface area contributed by atoms with Gasteiger partial charge in [-0.1, -0.05) is 12.1 Å². The standard InChI is InChI=1S/C23H23N5O4/c1-13-21(16-6-8-17(29-3)19(10-16)30-4)22-25-14(2)26-23(28(22)27-13)24-11-15-5-7-18-20(9-15)32-12-31-18/h5-10H,11-12H2,1-4H3,(H,24,25,26). The zero-order valence-electron chi connectivity index (χ0n) is 18.3. The average molecular weight is 433 g/mol. The Morgan fingerprint density at radius 2 is 1.78 bits per heavy atom. The van der Waals surface area contributed by atoms with Crippen LogP contribution in [0.15, 0.2) is 36.4 Å². The van der Waals surface area contributed by atoms with E-state index in [0.29, 0.717) is 29.8 Å². The van der Waals surface area contributed by atoms with E-state index in [2.05, 4.69) is 15.3 Å². The van der Waals surface area contributed by atoms with E-state index in [0.717, 1.165) is 39.5 Å². The number of hydrogen-bond donors (Lipinski definition) is 1. The maximum atomic E-state index is 5.48. The molecule has 0 unspecified atom stereocenters. The van der Waals surface area contributed by atoms with Gasteiger partial charge in [0, 0.05) is 12.1 Å². The molecule has 0 fully saturated rings. The molecule has 3 heterocycles. The van der Waals surface area contributed by atoms with Crippen LogP contribution < -0.4 is 24.3 Å². The van der Waals surface area contributed by atoms with Crippen molar-refractivity contribution < 1.29 is 18.9 Å². The van der Waals surface area contributed by atoms with Gasteiger partial charge < -0.3 is 24.3 Å². The number of nitrogens with zero attached hydrogens (tertiary/aromatic N) is 4. The molecule has 1 aliphatic rings. The van der Waals surface area contributed by atoms with Gasteiger partial charge in [0.25, 0.3) is 0 Å². The second kappa shape index (κ2) is 7.92. The summed E-state index contributed by atoms with van der Waals surface area (Å²) in [5.74, 6) is 4.08. The van der Waals surface area contributed by atoms with Gasteiger partial charge in [-0.2, -0.15) is 14.6 Å². The quantitative estimate of drug-likeness (QED) is 0.491. The summed E-state index contributed by atoms with van der Waals surface area (Å²) in [6, 6.07) is 11.7. The molecule has 0 amide bonds. The summed E-state index contributed by atoms with van der Waals surface area (Å²) in [6.07, 6.45) is 0. The molecule has 0 radical (unpaired) electrons. The lowest BCUT2D eigenvalue weighted by Gasteiger charge is -2.10. The van der Waals surface area contributed by atoms with Gasteiger partial charge in [0.15, 0.2) is 28.6 Å². The fraction of sp³-hybridized carbons (Fsp3) is 0.261. The number of ether oxygens (including phenoxy) is 4. The number of hydrogen-bond acceptors (Lipinski definition) is 8. The monoisotopic (exact) mass is 433 g/mol. The molecule has 0 spiro atoms. The predicted molar refractivity (Wildman–Crippen MR) is 119 cm³/mol. The van der Waals surface area contributed by atoms with Gasteiger partial charge in [-0.25, -0.2) is 4.98 Å². The van der Waals surface area contributed by atoms with E-state index in [4.69, 9.17) is 24.0 Å². The Morgan fingerprint density at radius 1 is 0.969 bits per heavy atom. The topological polar surface area (TPSA) is 92.0 Å². The summed E-state index contributed by atoms with van der Waals surface area (Å²) in [7, 11) is 3.24. The van der Waals surface area contributed by atoms with Crippen molar-refractivity contribution in [1.29, 1.82) is 0 Å². The Labute approximate surface area is 184 Å². The summed E-state index contributed by atoms with van der Waals surface area (Å²) >= 11 is 0. The first-order valence-electron chi connectivity index (χ1n) is 10.2. The second-order valence-corrected chi connectivity index (χ2v) is 7.40. The third-order valence-corrected chi connectivity index (χ3v) is 5.33. The molecule has 0 aliphatic carbocycles. The zero-order valence-corrected chi connectivity index (χ0v) is 18.3. The Bertz CT molecular complexity index is 1320. The van der Waals surface area contributed by atoms with E-state index in [9.17, 15) is 0 Å². The summed E-state index contributed by atoms with van der Waals surface area (Å²) in [6.45, 7) is 4.63. The smallest absolute Gasteiger partial charge is 0.231 e. The molecule has 9 nitrogen and oxygen atoms in total. The van der Waals surface area contributed by atoms with E-state index in [-0.39, 0.29) is 6.79 Å². The number of methoxy groups -OCH3 is 2. The summed E-state index contributed by atoms with van der Waals surface area (Å²) in [5.41, 5.74) is 4.46. The molecule has 0 saturated carbocycles. The van der Waals surface area contributed by atoms with E-state index in [1.54, 1.807) is 18.7 Å². The average Bonchev–Trinajstić information content (AvgIpc) is 3.40. The van der Waals surface area contributed by atoms with E-state index in [1.807, 2.05) is 50.2 Å². The van der Waals surface area contributed by atoms with Crippen LogP contribution in [-0.4, -0.2) is 40.6 Å². The van der Waals surface area contributed by atoms with Crippen LogP contribution in [-0.2, 0) is 6.54 Å². The fourth-order valence-electron chi connectivity index (χ4n) is 3.82. The molecule has 0 saturated heterocycles. The number of aryl methyl sites for hydroxylation is 2. The van der Waals surface area contributed by atoms with Crippen molar-refractivity contribution in [3.8, 4) is 34.1 Å². The van der Waals surface area contributed by atoms with Crippen LogP contribution in [0, 0.1) is 13.8 Å². The van der Waals surface area contributed by atoms with E-state index < -0.39 is 0 Å². The molecule has 32 heavy (non-hydrogen) atoms. The second-order valence-electron chi connectivity index (χ2n) is 7.40. The zero-order chi connectivity index (χ0) is 22.2. The van der Waals surface area contributed by atoms with Crippen molar-refractivity contribution in [2.45, 2.75) is 20.4 Å². The number of aromatic nitrogens is 4. The number of anilines is 1. The van der Waals surface area contributed by atoms with Crippen molar-refractivity contribution >= 4 is 11.6 Å². The number of fused-ring (bicyclic) bond motifs is 2. The van der Waals surface area contributed by atoms with Crippen LogP contribution in [0.2, 0.25) is 0 Å². The maximum Gasteiger partial charge on any atom is 0.231 e. The van der Waals surface area contributed by atoms with Crippen LogP contribution in [0.5, 0.6) is 23.0 Å². The molecule has 4 aromatic rings. The Balaban J connectivity index is 1.52. The van der Waals surface area contributed by atoms with Crippen LogP contribution in [0.3, 0.4) is 0 Å². The van der Waals surface area contributed by atoms with Gasteiger partial charge in [0.2, 0.25) is 12.7 Å². The number of benzene rings is 2. The first kappa shape index (κ1) is 19.9. The molecule has 2 aromatic heterocycles. The summed E-state index contributed by atoms with van der Waals surface area (Å²) in [4.78, 5) is 9.25. The molecular weight excluding hydrogens is 410 g/mol. The SMILES string of the molecule is COc1ccc(-c2c(C)nn3c(NCc4ccc5c(c4)OCO5)nc(C)nc23)cc1OC. The third kappa shape index (κ3) is 3.41. The lowest BCUT2D eigenvalue weighted by Crippen LogP contribution is -2.10. The fourth-order valence-corrected chi connectivity index (χ4v) is 3.82. The highest BCUT2D eigenvalue weighted by Gasteiger charge is 2.19. The Hall–Kier alpha value is -4.01. The summed E-state index contributed by atoms with van der Waals surface area (Å²) < 4.78 is 23.4.